The maximum Gasteiger partial charge on any atom is 0.129 e. The zero-order valence-corrected chi connectivity index (χ0v) is 12.8. The third kappa shape index (κ3) is 3.87. The highest BCUT2D eigenvalue weighted by Crippen LogP contribution is 2.22. The fourth-order valence-electron chi connectivity index (χ4n) is 2.12. The maximum absolute atomic E-state index is 6.02. The van der Waals surface area contributed by atoms with Crippen molar-refractivity contribution in [2.24, 2.45) is 5.73 Å². The minimum absolute atomic E-state index is 0.182. The van der Waals surface area contributed by atoms with Gasteiger partial charge in [0.2, 0.25) is 0 Å². The van der Waals surface area contributed by atoms with E-state index in [1.165, 1.54) is 16.7 Å². The van der Waals surface area contributed by atoms with Crippen LogP contribution in [-0.4, -0.2) is 15.5 Å². The number of nitrogens with zero attached hydrogens (tertiary/aromatic N) is 2. The Hall–Kier alpha value is -1.74. The highest BCUT2D eigenvalue weighted by atomic mass is 14.9. The normalized spacial score (nSPS) is 11.7. The average molecular weight is 269 g/mol. The molecule has 0 atom stereocenters. The molecule has 0 saturated heterocycles. The van der Waals surface area contributed by atoms with Crippen molar-refractivity contribution < 1.29 is 0 Å². The molecule has 0 radical (unpaired) electrons. The van der Waals surface area contributed by atoms with Gasteiger partial charge in [0.25, 0.3) is 0 Å². The molecule has 0 saturated carbocycles. The third-order valence-electron chi connectivity index (χ3n) is 3.37. The van der Waals surface area contributed by atoms with Gasteiger partial charge >= 0.3 is 0 Å². The van der Waals surface area contributed by atoms with Gasteiger partial charge in [-0.15, -0.1) is 0 Å². The maximum atomic E-state index is 6.02. The first-order valence-electron chi connectivity index (χ1n) is 7.03. The van der Waals surface area contributed by atoms with E-state index in [1.807, 2.05) is 26.1 Å². The summed E-state index contributed by atoms with van der Waals surface area (Å²) in [5.41, 5.74) is 10.5. The van der Waals surface area contributed by atoms with Gasteiger partial charge in [0.05, 0.1) is 5.69 Å². The van der Waals surface area contributed by atoms with Crippen molar-refractivity contribution in [3.05, 3.63) is 47.4 Å². The van der Waals surface area contributed by atoms with Crippen molar-refractivity contribution in [3.8, 4) is 11.3 Å². The lowest BCUT2D eigenvalue weighted by atomic mass is 9.99. The number of hydrogen-bond donors (Lipinski definition) is 1. The standard InChI is InChI=1S/C17H23N3/c1-12-5-6-13(2)14(11-12)15-8-10-19-16(20-15)7-9-17(3,4)18/h5-6,8,10-11H,7,9,18H2,1-4H3. The lowest BCUT2D eigenvalue weighted by Gasteiger charge is -2.17. The lowest BCUT2D eigenvalue weighted by molar-refractivity contribution is 0.471. The topological polar surface area (TPSA) is 51.8 Å². The second kappa shape index (κ2) is 5.71. The first-order chi connectivity index (χ1) is 9.35. The van der Waals surface area contributed by atoms with Crippen molar-refractivity contribution in [1.29, 1.82) is 0 Å². The van der Waals surface area contributed by atoms with E-state index in [0.717, 1.165) is 24.4 Å². The molecule has 0 aliphatic rings. The average Bonchev–Trinajstić information content (AvgIpc) is 2.39. The van der Waals surface area contributed by atoms with Crippen LogP contribution in [0.25, 0.3) is 11.3 Å². The molecule has 0 bridgehead atoms. The number of rotatable bonds is 4. The number of aromatic nitrogens is 2. The number of benzene rings is 1. The van der Waals surface area contributed by atoms with Crippen molar-refractivity contribution in [2.75, 3.05) is 0 Å². The smallest absolute Gasteiger partial charge is 0.129 e. The fourth-order valence-corrected chi connectivity index (χ4v) is 2.12. The third-order valence-corrected chi connectivity index (χ3v) is 3.37. The van der Waals surface area contributed by atoms with Crippen LogP contribution in [0.4, 0.5) is 0 Å². The molecule has 2 rings (SSSR count). The molecule has 1 aromatic heterocycles. The summed E-state index contributed by atoms with van der Waals surface area (Å²) in [6.07, 6.45) is 3.52. The summed E-state index contributed by atoms with van der Waals surface area (Å²) < 4.78 is 0. The highest BCUT2D eigenvalue weighted by Gasteiger charge is 2.12. The monoisotopic (exact) mass is 269 g/mol. The lowest BCUT2D eigenvalue weighted by Crippen LogP contribution is -2.32. The van der Waals surface area contributed by atoms with Crippen LogP contribution in [0, 0.1) is 13.8 Å². The van der Waals surface area contributed by atoms with E-state index >= 15 is 0 Å². The van der Waals surface area contributed by atoms with Gasteiger partial charge in [0, 0.05) is 23.7 Å². The Balaban J connectivity index is 2.27. The number of hydrogen-bond acceptors (Lipinski definition) is 3. The molecule has 3 heteroatoms. The Morgan fingerprint density at radius 1 is 1.15 bits per heavy atom. The predicted octanol–water partition coefficient (Wildman–Crippen LogP) is 3.43. The first-order valence-corrected chi connectivity index (χ1v) is 7.03. The van der Waals surface area contributed by atoms with E-state index in [9.17, 15) is 0 Å². The Kier molecular flexibility index (Phi) is 4.19. The summed E-state index contributed by atoms with van der Waals surface area (Å²) in [6, 6.07) is 8.40. The van der Waals surface area contributed by atoms with Gasteiger partial charge in [0.1, 0.15) is 5.82 Å². The Morgan fingerprint density at radius 3 is 2.60 bits per heavy atom. The molecule has 2 aromatic rings. The quantitative estimate of drug-likeness (QED) is 0.925. The number of nitrogens with two attached hydrogens (primary N) is 1. The SMILES string of the molecule is Cc1ccc(C)c(-c2ccnc(CCC(C)(C)N)n2)c1. The van der Waals surface area contributed by atoms with Gasteiger partial charge in [-0.3, -0.25) is 0 Å². The summed E-state index contributed by atoms with van der Waals surface area (Å²) in [5.74, 6) is 0.863. The molecular formula is C17H23N3. The molecule has 1 heterocycles. The van der Waals surface area contributed by atoms with Gasteiger partial charge in [-0.1, -0.05) is 17.7 Å². The van der Waals surface area contributed by atoms with Crippen LogP contribution >= 0.6 is 0 Å². The minimum Gasteiger partial charge on any atom is -0.326 e. The van der Waals surface area contributed by atoms with Crippen molar-refractivity contribution in [2.45, 2.75) is 46.1 Å². The van der Waals surface area contributed by atoms with Gasteiger partial charge in [-0.25, -0.2) is 9.97 Å². The second-order valence-corrected chi connectivity index (χ2v) is 6.17. The molecular weight excluding hydrogens is 246 g/mol. The fraction of sp³-hybridized carbons (Fsp3) is 0.412. The first kappa shape index (κ1) is 14.7. The summed E-state index contributed by atoms with van der Waals surface area (Å²) >= 11 is 0. The van der Waals surface area contributed by atoms with E-state index in [-0.39, 0.29) is 5.54 Å². The molecule has 3 nitrogen and oxygen atoms in total. The van der Waals surface area contributed by atoms with Gasteiger partial charge in [0.15, 0.2) is 0 Å². The minimum atomic E-state index is -0.182. The van der Waals surface area contributed by atoms with Crippen LogP contribution in [0.3, 0.4) is 0 Å². The number of aryl methyl sites for hydroxylation is 3. The van der Waals surface area contributed by atoms with Crippen LogP contribution in [-0.2, 0) is 6.42 Å². The Labute approximate surface area is 121 Å². The summed E-state index contributed by atoms with van der Waals surface area (Å²) in [4.78, 5) is 9.03. The molecule has 106 valence electrons. The molecule has 0 aliphatic heterocycles. The van der Waals surface area contributed by atoms with Crippen molar-refractivity contribution >= 4 is 0 Å². The van der Waals surface area contributed by atoms with Crippen LogP contribution in [0.15, 0.2) is 30.5 Å². The molecule has 2 N–H and O–H groups in total. The molecule has 0 amide bonds. The van der Waals surface area contributed by atoms with E-state index in [1.54, 1.807) is 0 Å². The van der Waals surface area contributed by atoms with Crippen LogP contribution in [0.5, 0.6) is 0 Å². The zero-order chi connectivity index (χ0) is 14.8. The van der Waals surface area contributed by atoms with Crippen LogP contribution in [0.1, 0.15) is 37.2 Å². The summed E-state index contributed by atoms with van der Waals surface area (Å²) in [7, 11) is 0. The van der Waals surface area contributed by atoms with Crippen molar-refractivity contribution in [3.63, 3.8) is 0 Å². The van der Waals surface area contributed by atoms with E-state index < -0.39 is 0 Å². The summed E-state index contributed by atoms with van der Waals surface area (Å²) in [6.45, 7) is 8.27. The van der Waals surface area contributed by atoms with Gasteiger partial charge < -0.3 is 5.73 Å². The molecule has 20 heavy (non-hydrogen) atoms. The summed E-state index contributed by atoms with van der Waals surface area (Å²) in [5, 5.41) is 0. The molecule has 0 spiro atoms. The van der Waals surface area contributed by atoms with E-state index in [2.05, 4.69) is 42.0 Å². The molecule has 0 unspecified atom stereocenters. The zero-order valence-electron chi connectivity index (χ0n) is 12.8. The van der Waals surface area contributed by atoms with Gasteiger partial charge in [-0.05, 0) is 51.8 Å². The molecule has 0 aliphatic carbocycles. The Bertz CT molecular complexity index is 597. The molecule has 1 aromatic carbocycles. The van der Waals surface area contributed by atoms with Crippen molar-refractivity contribution in [1.82, 2.24) is 9.97 Å². The van der Waals surface area contributed by atoms with E-state index in [0.29, 0.717) is 0 Å². The predicted molar refractivity (Wildman–Crippen MR) is 83.5 cm³/mol. The van der Waals surface area contributed by atoms with Crippen LogP contribution < -0.4 is 5.73 Å². The second-order valence-electron chi connectivity index (χ2n) is 6.17. The molecule has 0 fully saturated rings. The Morgan fingerprint density at radius 2 is 1.90 bits per heavy atom. The van der Waals surface area contributed by atoms with Gasteiger partial charge in [-0.2, -0.15) is 0 Å². The largest absolute Gasteiger partial charge is 0.326 e. The van der Waals surface area contributed by atoms with Crippen LogP contribution in [0.2, 0.25) is 0 Å². The van der Waals surface area contributed by atoms with E-state index in [4.69, 9.17) is 5.73 Å². The highest BCUT2D eigenvalue weighted by molar-refractivity contribution is 5.64.